The van der Waals surface area contributed by atoms with Crippen LogP contribution in [0.15, 0.2) is 24.3 Å². The minimum atomic E-state index is -0.00802. The van der Waals surface area contributed by atoms with Crippen LogP contribution < -0.4 is 10.1 Å². The zero-order chi connectivity index (χ0) is 16.2. The summed E-state index contributed by atoms with van der Waals surface area (Å²) in [5.41, 5.74) is 0.982. The molecule has 1 fully saturated rings. The lowest BCUT2D eigenvalue weighted by molar-refractivity contribution is 0.186. The minimum absolute atomic E-state index is 0.00802. The lowest BCUT2D eigenvalue weighted by Crippen LogP contribution is -2.40. The van der Waals surface area contributed by atoms with Crippen molar-refractivity contribution in [1.29, 1.82) is 0 Å². The number of nitrogens with zero attached hydrogens (tertiary/aromatic N) is 1. The maximum Gasteiger partial charge on any atom is 0.321 e. The fourth-order valence-corrected chi connectivity index (χ4v) is 3.26. The topological polar surface area (TPSA) is 41.6 Å². The van der Waals surface area contributed by atoms with Crippen LogP contribution in [0.2, 0.25) is 0 Å². The number of anilines is 1. The third kappa shape index (κ3) is 4.65. The largest absolute Gasteiger partial charge is 0.494 e. The van der Waals surface area contributed by atoms with Crippen LogP contribution in [0.5, 0.6) is 5.75 Å². The third-order valence-electron chi connectivity index (χ3n) is 4.12. The molecule has 22 heavy (non-hydrogen) atoms. The molecule has 0 aliphatic carbocycles. The average Bonchev–Trinajstić information content (AvgIpc) is 2.58. The number of benzene rings is 1. The highest BCUT2D eigenvalue weighted by molar-refractivity contribution is 5.89. The first kappa shape index (κ1) is 16.7. The van der Waals surface area contributed by atoms with Crippen molar-refractivity contribution in [2.24, 2.45) is 11.3 Å². The molecule has 4 nitrogen and oxygen atoms in total. The second kappa shape index (κ2) is 7.03. The number of amides is 2. The summed E-state index contributed by atoms with van der Waals surface area (Å²) in [5, 5.41) is 2.99. The zero-order valence-corrected chi connectivity index (χ0v) is 14.2. The average molecular weight is 304 g/mol. The molecule has 1 aliphatic rings. The molecule has 0 bridgehead atoms. The van der Waals surface area contributed by atoms with Gasteiger partial charge in [0.1, 0.15) is 5.75 Å². The number of hydrogen-bond acceptors (Lipinski definition) is 2. The normalized spacial score (nSPS) is 21.1. The summed E-state index contributed by atoms with van der Waals surface area (Å²) >= 11 is 0. The van der Waals surface area contributed by atoms with Gasteiger partial charge in [-0.2, -0.15) is 0 Å². The Morgan fingerprint density at radius 1 is 1.36 bits per heavy atom. The number of rotatable bonds is 3. The van der Waals surface area contributed by atoms with E-state index in [4.69, 9.17) is 4.74 Å². The minimum Gasteiger partial charge on any atom is -0.494 e. The summed E-state index contributed by atoms with van der Waals surface area (Å²) in [6.45, 7) is 11.0. The fraction of sp³-hybridized carbons (Fsp3) is 0.611. The smallest absolute Gasteiger partial charge is 0.321 e. The summed E-state index contributed by atoms with van der Waals surface area (Å²) in [6.07, 6.45) is 2.24. The Labute approximate surface area is 133 Å². The van der Waals surface area contributed by atoms with E-state index in [9.17, 15) is 4.79 Å². The molecule has 1 saturated heterocycles. The molecule has 0 radical (unpaired) electrons. The molecule has 4 heteroatoms. The van der Waals surface area contributed by atoms with Crippen LogP contribution in [-0.4, -0.2) is 30.6 Å². The second-order valence-corrected chi connectivity index (χ2v) is 7.07. The van der Waals surface area contributed by atoms with Crippen LogP contribution in [0.25, 0.3) is 0 Å². The van der Waals surface area contributed by atoms with Gasteiger partial charge < -0.3 is 15.0 Å². The van der Waals surface area contributed by atoms with Crippen molar-refractivity contribution in [2.45, 2.75) is 40.5 Å². The first-order chi connectivity index (χ1) is 10.4. The molecule has 1 unspecified atom stereocenters. The van der Waals surface area contributed by atoms with E-state index in [1.54, 1.807) is 0 Å². The van der Waals surface area contributed by atoms with Crippen molar-refractivity contribution < 1.29 is 9.53 Å². The summed E-state index contributed by atoms with van der Waals surface area (Å²) in [4.78, 5) is 14.5. The number of nitrogens with one attached hydrogen (secondary N) is 1. The van der Waals surface area contributed by atoms with Crippen LogP contribution in [0.1, 0.15) is 40.5 Å². The zero-order valence-electron chi connectivity index (χ0n) is 14.2. The summed E-state index contributed by atoms with van der Waals surface area (Å²) in [6, 6.07) is 7.52. The maximum absolute atomic E-state index is 12.5. The number of hydrogen-bond donors (Lipinski definition) is 1. The van der Waals surface area contributed by atoms with Crippen molar-refractivity contribution in [3.05, 3.63) is 24.3 Å². The van der Waals surface area contributed by atoms with E-state index in [0.29, 0.717) is 12.5 Å². The van der Waals surface area contributed by atoms with Crippen LogP contribution in [0, 0.1) is 11.3 Å². The maximum atomic E-state index is 12.5. The molecule has 122 valence electrons. The second-order valence-electron chi connectivity index (χ2n) is 7.07. The first-order valence-corrected chi connectivity index (χ1v) is 8.18. The summed E-state index contributed by atoms with van der Waals surface area (Å²) in [7, 11) is 0. The van der Waals surface area contributed by atoms with Crippen molar-refractivity contribution >= 4 is 11.7 Å². The van der Waals surface area contributed by atoms with Gasteiger partial charge in [0.05, 0.1) is 6.61 Å². The fourth-order valence-electron chi connectivity index (χ4n) is 3.26. The molecular weight excluding hydrogens is 276 g/mol. The molecule has 0 spiro atoms. The van der Waals surface area contributed by atoms with Gasteiger partial charge >= 0.3 is 6.03 Å². The van der Waals surface area contributed by atoms with Gasteiger partial charge in [-0.05, 0) is 55.4 Å². The monoisotopic (exact) mass is 304 g/mol. The standard InChI is InChI=1S/C18H28N2O2/c1-5-22-16-8-6-15(7-9-16)19-17(21)20-11-10-14(2)12-18(3,4)13-20/h6-9,14H,5,10-13H2,1-4H3,(H,19,21). The Morgan fingerprint density at radius 2 is 2.05 bits per heavy atom. The Hall–Kier alpha value is -1.71. The number of carbonyl (C=O) groups excluding carboxylic acids is 1. The van der Waals surface area contributed by atoms with Gasteiger partial charge in [0, 0.05) is 18.8 Å². The third-order valence-corrected chi connectivity index (χ3v) is 4.12. The highest BCUT2D eigenvalue weighted by Crippen LogP contribution is 2.31. The van der Waals surface area contributed by atoms with Crippen LogP contribution in [0.4, 0.5) is 10.5 Å². The Balaban J connectivity index is 1.98. The Kier molecular flexibility index (Phi) is 5.33. The highest BCUT2D eigenvalue weighted by atomic mass is 16.5. The quantitative estimate of drug-likeness (QED) is 0.900. The predicted molar refractivity (Wildman–Crippen MR) is 90.4 cm³/mol. The summed E-state index contributed by atoms with van der Waals surface area (Å²) < 4.78 is 5.41. The molecule has 1 aliphatic heterocycles. The van der Waals surface area contributed by atoms with Gasteiger partial charge in [0.25, 0.3) is 0 Å². The summed E-state index contributed by atoms with van der Waals surface area (Å²) in [5.74, 6) is 1.49. The van der Waals surface area contributed by atoms with Crippen LogP contribution in [0.3, 0.4) is 0 Å². The van der Waals surface area contributed by atoms with Gasteiger partial charge in [-0.3, -0.25) is 0 Å². The molecule has 1 N–H and O–H groups in total. The molecule has 2 rings (SSSR count). The van der Waals surface area contributed by atoms with Crippen molar-refractivity contribution in [3.8, 4) is 5.75 Å². The van der Waals surface area contributed by atoms with Gasteiger partial charge in [-0.15, -0.1) is 0 Å². The molecule has 0 saturated carbocycles. The lowest BCUT2D eigenvalue weighted by atomic mass is 9.83. The number of likely N-dealkylation sites (tertiary alicyclic amines) is 1. The van der Waals surface area contributed by atoms with E-state index in [2.05, 4.69) is 26.1 Å². The van der Waals surface area contributed by atoms with Gasteiger partial charge in [-0.1, -0.05) is 20.8 Å². The number of ether oxygens (including phenoxy) is 1. The Morgan fingerprint density at radius 3 is 2.68 bits per heavy atom. The van der Waals surface area contributed by atoms with E-state index in [0.717, 1.165) is 30.9 Å². The molecule has 1 aromatic rings. The first-order valence-electron chi connectivity index (χ1n) is 8.18. The Bertz CT molecular complexity index is 496. The van der Waals surface area contributed by atoms with Gasteiger partial charge in [-0.25, -0.2) is 4.79 Å². The van der Waals surface area contributed by atoms with Gasteiger partial charge in [0.2, 0.25) is 0 Å². The van der Waals surface area contributed by atoms with E-state index in [1.807, 2.05) is 36.1 Å². The number of urea groups is 1. The van der Waals surface area contributed by atoms with Crippen LogP contribution >= 0.6 is 0 Å². The van der Waals surface area contributed by atoms with E-state index in [1.165, 1.54) is 6.42 Å². The highest BCUT2D eigenvalue weighted by Gasteiger charge is 2.30. The van der Waals surface area contributed by atoms with Gasteiger partial charge in [0.15, 0.2) is 0 Å². The molecular formula is C18H28N2O2. The number of carbonyl (C=O) groups is 1. The van der Waals surface area contributed by atoms with Crippen molar-refractivity contribution in [2.75, 3.05) is 25.0 Å². The predicted octanol–water partition coefficient (Wildman–Crippen LogP) is 4.38. The van der Waals surface area contributed by atoms with Crippen molar-refractivity contribution in [1.82, 2.24) is 4.90 Å². The molecule has 1 heterocycles. The van der Waals surface area contributed by atoms with E-state index < -0.39 is 0 Å². The lowest BCUT2D eigenvalue weighted by Gasteiger charge is -2.30. The van der Waals surface area contributed by atoms with Crippen LogP contribution in [-0.2, 0) is 0 Å². The molecule has 1 aromatic carbocycles. The molecule has 1 atom stereocenters. The van der Waals surface area contributed by atoms with E-state index >= 15 is 0 Å². The SMILES string of the molecule is CCOc1ccc(NC(=O)N2CCC(C)CC(C)(C)C2)cc1. The molecule has 0 aromatic heterocycles. The molecule has 2 amide bonds. The van der Waals surface area contributed by atoms with E-state index in [-0.39, 0.29) is 11.4 Å². The van der Waals surface area contributed by atoms with Crippen molar-refractivity contribution in [3.63, 3.8) is 0 Å².